The fourth-order valence-corrected chi connectivity index (χ4v) is 9.84. The molecular weight excluding hydrogens is 584 g/mol. The Labute approximate surface area is 270 Å². The van der Waals surface area contributed by atoms with Gasteiger partial charge in [-0.25, -0.2) is 4.79 Å². The molecule has 2 amide bonds. The highest BCUT2D eigenvalue weighted by molar-refractivity contribution is 7.99. The van der Waals surface area contributed by atoms with Crippen molar-refractivity contribution < 1.29 is 24.1 Å². The molecule has 238 valence electrons. The SMILES string of the molecule is COc1ccccc1SCC1OC(c2cccc(NC(=O)NC34CC5CC(CC(C5)C3)C4)c2)OC(c2ccc(CO)cc2)C1C. The van der Waals surface area contributed by atoms with Crippen molar-refractivity contribution in [3.63, 3.8) is 0 Å². The maximum atomic E-state index is 13.3. The van der Waals surface area contributed by atoms with E-state index in [1.165, 1.54) is 19.3 Å². The minimum absolute atomic E-state index is 0.00149. The maximum absolute atomic E-state index is 13.3. The summed E-state index contributed by atoms with van der Waals surface area (Å²) in [6.45, 7) is 2.17. The predicted octanol–water partition coefficient (Wildman–Crippen LogP) is 7.86. The van der Waals surface area contributed by atoms with E-state index in [-0.39, 0.29) is 36.3 Å². The fourth-order valence-electron chi connectivity index (χ4n) is 8.65. The number of ether oxygens (including phenoxy) is 3. The van der Waals surface area contributed by atoms with E-state index >= 15 is 0 Å². The van der Waals surface area contributed by atoms with E-state index in [2.05, 4.69) is 23.6 Å². The first kappa shape index (κ1) is 30.6. The van der Waals surface area contributed by atoms with Gasteiger partial charge in [-0.05, 0) is 91.7 Å². The van der Waals surface area contributed by atoms with Crippen molar-refractivity contribution in [2.24, 2.45) is 23.7 Å². The number of aliphatic hydroxyl groups excluding tert-OH is 1. The second-order valence-corrected chi connectivity index (χ2v) is 14.7. The first-order chi connectivity index (χ1) is 21.9. The molecule has 4 atom stereocenters. The van der Waals surface area contributed by atoms with Crippen molar-refractivity contribution in [2.45, 2.75) is 81.0 Å². The van der Waals surface area contributed by atoms with E-state index in [0.29, 0.717) is 0 Å². The summed E-state index contributed by atoms with van der Waals surface area (Å²) >= 11 is 1.72. The Kier molecular flexibility index (Phi) is 8.83. The molecule has 45 heavy (non-hydrogen) atoms. The number of urea groups is 1. The predicted molar refractivity (Wildman–Crippen MR) is 176 cm³/mol. The van der Waals surface area contributed by atoms with Crippen molar-refractivity contribution in [1.82, 2.24) is 5.32 Å². The van der Waals surface area contributed by atoms with E-state index in [4.69, 9.17) is 14.2 Å². The molecule has 1 aliphatic heterocycles. The Balaban J connectivity index is 1.08. The van der Waals surface area contributed by atoms with E-state index in [1.54, 1.807) is 18.9 Å². The van der Waals surface area contributed by atoms with E-state index in [0.717, 1.165) is 75.8 Å². The summed E-state index contributed by atoms with van der Waals surface area (Å²) in [5, 5.41) is 16.1. The molecule has 3 aromatic carbocycles. The van der Waals surface area contributed by atoms with Crippen LogP contribution in [0.5, 0.6) is 5.75 Å². The largest absolute Gasteiger partial charge is 0.496 e. The van der Waals surface area contributed by atoms with Crippen molar-refractivity contribution in [3.05, 3.63) is 89.5 Å². The zero-order chi connectivity index (χ0) is 31.0. The van der Waals surface area contributed by atoms with Gasteiger partial charge in [0.1, 0.15) is 5.75 Å². The molecule has 8 rings (SSSR count). The van der Waals surface area contributed by atoms with Gasteiger partial charge in [0.2, 0.25) is 0 Å². The zero-order valence-corrected chi connectivity index (χ0v) is 26.9. The van der Waals surface area contributed by atoms with E-state index < -0.39 is 6.29 Å². The van der Waals surface area contributed by atoms with Gasteiger partial charge >= 0.3 is 6.03 Å². The van der Waals surface area contributed by atoms with Gasteiger partial charge in [-0.3, -0.25) is 0 Å². The van der Waals surface area contributed by atoms with Crippen LogP contribution in [0.2, 0.25) is 0 Å². The number of anilines is 1. The molecule has 5 aliphatic rings. The summed E-state index contributed by atoms with van der Waals surface area (Å²) in [4.78, 5) is 14.4. The van der Waals surface area contributed by atoms with Gasteiger partial charge in [-0.2, -0.15) is 0 Å². The molecule has 8 heteroatoms. The number of hydrogen-bond acceptors (Lipinski definition) is 6. The monoisotopic (exact) mass is 628 g/mol. The lowest BCUT2D eigenvalue weighted by molar-refractivity contribution is -0.268. The number of hydrogen-bond donors (Lipinski definition) is 3. The van der Waals surface area contributed by atoms with Gasteiger partial charge in [-0.1, -0.05) is 55.5 Å². The van der Waals surface area contributed by atoms with Crippen LogP contribution >= 0.6 is 11.8 Å². The van der Waals surface area contributed by atoms with Gasteiger partial charge in [0.15, 0.2) is 6.29 Å². The van der Waals surface area contributed by atoms with Gasteiger partial charge in [0.05, 0.1) is 25.9 Å². The highest BCUT2D eigenvalue weighted by Crippen LogP contribution is 2.55. The molecule has 1 heterocycles. The average molecular weight is 629 g/mol. The molecule has 4 bridgehead atoms. The number of amides is 2. The zero-order valence-electron chi connectivity index (χ0n) is 26.1. The molecule has 0 aromatic heterocycles. The minimum Gasteiger partial charge on any atom is -0.496 e. The van der Waals surface area contributed by atoms with Gasteiger partial charge in [0.25, 0.3) is 0 Å². The molecule has 4 unspecified atom stereocenters. The quantitative estimate of drug-likeness (QED) is 0.209. The van der Waals surface area contributed by atoms with Crippen LogP contribution in [0.1, 0.15) is 74.5 Å². The molecule has 4 aliphatic carbocycles. The number of aliphatic hydroxyl groups is 1. The van der Waals surface area contributed by atoms with Crippen LogP contribution in [-0.4, -0.2) is 35.6 Å². The Hall–Kier alpha value is -3.04. The normalized spacial score (nSPS) is 31.8. The number of carbonyl (C=O) groups excluding carboxylic acids is 1. The lowest BCUT2D eigenvalue weighted by Crippen LogP contribution is -2.60. The summed E-state index contributed by atoms with van der Waals surface area (Å²) in [5.41, 5.74) is 3.45. The van der Waals surface area contributed by atoms with Gasteiger partial charge in [0, 0.05) is 33.4 Å². The molecule has 0 radical (unpaired) electrons. The van der Waals surface area contributed by atoms with Crippen LogP contribution < -0.4 is 15.4 Å². The number of nitrogens with one attached hydrogen (secondary N) is 2. The molecule has 0 spiro atoms. The number of benzene rings is 3. The number of carbonyl (C=O) groups is 1. The second kappa shape index (κ2) is 13.0. The van der Waals surface area contributed by atoms with Crippen molar-refractivity contribution in [3.8, 4) is 5.75 Å². The van der Waals surface area contributed by atoms with E-state index in [1.807, 2.05) is 66.7 Å². The topological polar surface area (TPSA) is 89.1 Å². The van der Waals surface area contributed by atoms with Gasteiger partial charge < -0.3 is 30.0 Å². The Morgan fingerprint density at radius 3 is 2.33 bits per heavy atom. The lowest BCUT2D eigenvalue weighted by Gasteiger charge is -2.56. The molecule has 3 N–H and O–H groups in total. The third-order valence-electron chi connectivity index (χ3n) is 10.4. The molecular formula is C37H44N2O5S. The van der Waals surface area contributed by atoms with Crippen LogP contribution in [0.25, 0.3) is 0 Å². The van der Waals surface area contributed by atoms with Crippen molar-refractivity contribution in [2.75, 3.05) is 18.2 Å². The molecule has 3 aromatic rings. The van der Waals surface area contributed by atoms with Crippen LogP contribution in [-0.2, 0) is 16.1 Å². The van der Waals surface area contributed by atoms with Gasteiger partial charge in [-0.15, -0.1) is 11.8 Å². The summed E-state index contributed by atoms with van der Waals surface area (Å²) in [6, 6.07) is 23.7. The Morgan fingerprint density at radius 2 is 1.64 bits per heavy atom. The second-order valence-electron chi connectivity index (χ2n) is 13.7. The van der Waals surface area contributed by atoms with E-state index in [9.17, 15) is 9.90 Å². The highest BCUT2D eigenvalue weighted by atomic mass is 32.2. The third-order valence-corrected chi connectivity index (χ3v) is 11.6. The molecule has 5 fully saturated rings. The third kappa shape index (κ3) is 6.61. The van der Waals surface area contributed by atoms with Crippen LogP contribution in [0.4, 0.5) is 10.5 Å². The first-order valence-corrected chi connectivity index (χ1v) is 17.3. The summed E-state index contributed by atoms with van der Waals surface area (Å²) in [7, 11) is 1.69. The summed E-state index contributed by atoms with van der Waals surface area (Å²) in [5.74, 6) is 3.94. The molecule has 7 nitrogen and oxygen atoms in total. The van der Waals surface area contributed by atoms with Crippen molar-refractivity contribution in [1.29, 1.82) is 0 Å². The Morgan fingerprint density at radius 1 is 0.933 bits per heavy atom. The highest BCUT2D eigenvalue weighted by Gasteiger charge is 2.51. The number of thioether (sulfide) groups is 1. The number of methoxy groups -OCH3 is 1. The lowest BCUT2D eigenvalue weighted by atomic mass is 9.53. The minimum atomic E-state index is -0.611. The van der Waals surface area contributed by atoms with Crippen LogP contribution in [0, 0.1) is 23.7 Å². The van der Waals surface area contributed by atoms with Crippen LogP contribution in [0.15, 0.2) is 77.7 Å². The Bertz CT molecular complexity index is 1460. The molecule has 1 saturated heterocycles. The smallest absolute Gasteiger partial charge is 0.319 e. The first-order valence-electron chi connectivity index (χ1n) is 16.4. The van der Waals surface area contributed by atoms with Crippen LogP contribution in [0.3, 0.4) is 0 Å². The molecule has 4 saturated carbocycles. The summed E-state index contributed by atoms with van der Waals surface area (Å²) in [6.07, 6.45) is 6.43. The summed E-state index contributed by atoms with van der Waals surface area (Å²) < 4.78 is 18.9. The fraction of sp³-hybridized carbons (Fsp3) is 0.486. The maximum Gasteiger partial charge on any atom is 0.319 e. The number of para-hydroxylation sites is 1. The average Bonchev–Trinajstić information content (AvgIpc) is 3.03. The standard InChI is InChI=1S/C37H44N2O5S/c1-23-32(22-45-33-9-4-3-8-31(33)42-2)43-35(44-34(23)28-12-10-24(21-40)11-13-28)29-6-5-7-30(17-29)38-36(41)39-37-18-25-14-26(19-37)16-27(15-25)20-37/h3-13,17,23,25-27,32,34-35,40H,14-16,18-22H2,1-2H3,(H2,38,39,41). The van der Waals surface area contributed by atoms with Crippen molar-refractivity contribution >= 4 is 23.5 Å². The number of rotatable bonds is 9.